The second kappa shape index (κ2) is 8.20. The van der Waals surface area contributed by atoms with E-state index in [1.54, 1.807) is 0 Å². The summed E-state index contributed by atoms with van der Waals surface area (Å²) in [6.45, 7) is 10.7. The van der Waals surface area contributed by atoms with Gasteiger partial charge in [0.1, 0.15) is 0 Å². The van der Waals surface area contributed by atoms with E-state index in [1.807, 2.05) is 0 Å². The topological polar surface area (TPSA) is 33.7 Å². The zero-order chi connectivity index (χ0) is 13.5. The molecule has 0 aromatic heterocycles. The molecule has 2 aliphatic heterocycles. The molecule has 3 atom stereocenters. The molecule has 1 N–H and O–H groups in total. The minimum absolute atomic E-state index is 0.367. The van der Waals surface area contributed by atoms with Crippen molar-refractivity contribution in [3.8, 4) is 0 Å². The maximum Gasteiger partial charge on any atom is 0.0707 e. The molecule has 2 rings (SSSR count). The van der Waals surface area contributed by atoms with Crippen LogP contribution in [0.25, 0.3) is 0 Å². The molecule has 2 saturated heterocycles. The zero-order valence-corrected chi connectivity index (χ0v) is 12.6. The van der Waals surface area contributed by atoms with Gasteiger partial charge in [0, 0.05) is 32.8 Å². The molecule has 4 heteroatoms. The Bertz CT molecular complexity index is 250. The lowest BCUT2D eigenvalue weighted by Crippen LogP contribution is -2.37. The van der Waals surface area contributed by atoms with Gasteiger partial charge in [-0.05, 0) is 39.2 Å². The lowest BCUT2D eigenvalue weighted by molar-refractivity contribution is 0.0161. The van der Waals surface area contributed by atoms with Gasteiger partial charge < -0.3 is 14.8 Å². The second-order valence-electron chi connectivity index (χ2n) is 5.96. The zero-order valence-electron chi connectivity index (χ0n) is 12.6. The summed E-state index contributed by atoms with van der Waals surface area (Å²) < 4.78 is 11.8. The first kappa shape index (κ1) is 15.2. The lowest BCUT2D eigenvalue weighted by Gasteiger charge is -2.25. The predicted molar refractivity (Wildman–Crippen MR) is 77.5 cm³/mol. The van der Waals surface area contributed by atoms with Gasteiger partial charge in [-0.25, -0.2) is 0 Å². The van der Waals surface area contributed by atoms with Crippen molar-refractivity contribution in [2.45, 2.75) is 57.8 Å². The fourth-order valence-electron chi connectivity index (χ4n) is 3.04. The Hall–Kier alpha value is -0.160. The molecular formula is C15H30N2O2. The molecule has 2 aliphatic rings. The number of hydrogen-bond acceptors (Lipinski definition) is 4. The molecule has 0 amide bonds. The molecule has 4 nitrogen and oxygen atoms in total. The molecule has 112 valence electrons. The van der Waals surface area contributed by atoms with Gasteiger partial charge in [-0.3, -0.25) is 4.90 Å². The first-order valence-electron chi connectivity index (χ1n) is 7.98. The van der Waals surface area contributed by atoms with Crippen LogP contribution < -0.4 is 5.32 Å². The van der Waals surface area contributed by atoms with Crippen LogP contribution in [0.3, 0.4) is 0 Å². The molecule has 0 radical (unpaired) electrons. The van der Waals surface area contributed by atoms with Gasteiger partial charge in [0.25, 0.3) is 0 Å². The highest BCUT2D eigenvalue weighted by molar-refractivity contribution is 4.79. The van der Waals surface area contributed by atoms with E-state index in [0.717, 1.165) is 45.8 Å². The molecule has 19 heavy (non-hydrogen) atoms. The summed E-state index contributed by atoms with van der Waals surface area (Å²) in [5.74, 6) is 0. The number of hydrogen-bond donors (Lipinski definition) is 1. The van der Waals surface area contributed by atoms with E-state index < -0.39 is 0 Å². The van der Waals surface area contributed by atoms with Crippen molar-refractivity contribution in [3.05, 3.63) is 0 Å². The average molecular weight is 270 g/mol. The van der Waals surface area contributed by atoms with Crippen LogP contribution in [0.2, 0.25) is 0 Å². The Morgan fingerprint density at radius 1 is 1.26 bits per heavy atom. The number of ether oxygens (including phenoxy) is 2. The number of nitrogens with zero attached hydrogens (tertiary/aromatic N) is 1. The van der Waals surface area contributed by atoms with E-state index in [4.69, 9.17) is 9.47 Å². The maximum atomic E-state index is 6.14. The van der Waals surface area contributed by atoms with E-state index in [2.05, 4.69) is 24.1 Å². The van der Waals surface area contributed by atoms with Gasteiger partial charge in [-0.15, -0.1) is 0 Å². The third-order valence-corrected chi connectivity index (χ3v) is 3.99. The molecule has 0 spiro atoms. The Labute approximate surface area is 117 Å². The Kier molecular flexibility index (Phi) is 6.57. The summed E-state index contributed by atoms with van der Waals surface area (Å²) in [5.41, 5.74) is 0. The molecule has 0 saturated carbocycles. The highest BCUT2D eigenvalue weighted by Gasteiger charge is 2.27. The van der Waals surface area contributed by atoms with Crippen LogP contribution in [0.4, 0.5) is 0 Å². The number of nitrogens with one attached hydrogen (secondary N) is 1. The van der Waals surface area contributed by atoms with E-state index in [9.17, 15) is 0 Å². The van der Waals surface area contributed by atoms with Crippen LogP contribution >= 0.6 is 0 Å². The molecule has 2 fully saturated rings. The van der Waals surface area contributed by atoms with Crippen LogP contribution in [0, 0.1) is 0 Å². The van der Waals surface area contributed by atoms with Gasteiger partial charge in [-0.1, -0.05) is 6.92 Å². The van der Waals surface area contributed by atoms with Crippen molar-refractivity contribution in [2.24, 2.45) is 0 Å². The predicted octanol–water partition coefficient (Wildman–Crippen LogP) is 1.64. The highest BCUT2D eigenvalue weighted by Crippen LogP contribution is 2.21. The molecule has 0 aromatic carbocycles. The van der Waals surface area contributed by atoms with Crippen LogP contribution in [0.15, 0.2) is 0 Å². The summed E-state index contributed by atoms with van der Waals surface area (Å²) in [5, 5.41) is 3.46. The van der Waals surface area contributed by atoms with Gasteiger partial charge in [0.15, 0.2) is 0 Å². The first-order chi connectivity index (χ1) is 9.28. The van der Waals surface area contributed by atoms with Crippen molar-refractivity contribution >= 4 is 0 Å². The average Bonchev–Trinajstić information content (AvgIpc) is 2.72. The Morgan fingerprint density at radius 3 is 2.95 bits per heavy atom. The largest absolute Gasteiger partial charge is 0.377 e. The Morgan fingerprint density at radius 2 is 2.11 bits per heavy atom. The van der Waals surface area contributed by atoms with Crippen molar-refractivity contribution < 1.29 is 9.47 Å². The molecule has 0 aliphatic carbocycles. The van der Waals surface area contributed by atoms with Crippen LogP contribution in [0.1, 0.15) is 39.5 Å². The van der Waals surface area contributed by atoms with Crippen LogP contribution in [-0.4, -0.2) is 62.5 Å². The van der Waals surface area contributed by atoms with Crippen molar-refractivity contribution in [1.29, 1.82) is 0 Å². The maximum absolute atomic E-state index is 6.14. The summed E-state index contributed by atoms with van der Waals surface area (Å²) >= 11 is 0. The monoisotopic (exact) mass is 270 g/mol. The minimum Gasteiger partial charge on any atom is -0.377 e. The standard InChI is InChI=1S/C15H30N2O2/c1-3-7-16-10-14-5-6-15(19-14)12-17-8-4-9-18-13(2)11-17/h13-16H,3-12H2,1-2H3. The number of rotatable bonds is 6. The van der Waals surface area contributed by atoms with Gasteiger partial charge in [0.2, 0.25) is 0 Å². The van der Waals surface area contributed by atoms with E-state index in [0.29, 0.717) is 18.3 Å². The Balaban J connectivity index is 1.66. The SMILES string of the molecule is CCCNCC1CCC(CN2CCCOC(C)C2)O1. The second-order valence-corrected chi connectivity index (χ2v) is 5.96. The van der Waals surface area contributed by atoms with Crippen LogP contribution in [-0.2, 0) is 9.47 Å². The molecule has 3 unspecified atom stereocenters. The fourth-order valence-corrected chi connectivity index (χ4v) is 3.04. The first-order valence-corrected chi connectivity index (χ1v) is 7.98. The highest BCUT2D eigenvalue weighted by atomic mass is 16.5. The van der Waals surface area contributed by atoms with Gasteiger partial charge in [-0.2, -0.15) is 0 Å². The summed E-state index contributed by atoms with van der Waals surface area (Å²) in [6.07, 6.45) is 5.99. The van der Waals surface area contributed by atoms with Crippen molar-refractivity contribution in [2.75, 3.05) is 39.3 Å². The molecule has 2 heterocycles. The fraction of sp³-hybridized carbons (Fsp3) is 1.00. The summed E-state index contributed by atoms with van der Waals surface area (Å²) in [7, 11) is 0. The van der Waals surface area contributed by atoms with Crippen LogP contribution in [0.5, 0.6) is 0 Å². The van der Waals surface area contributed by atoms with E-state index in [1.165, 1.54) is 19.3 Å². The molecular weight excluding hydrogens is 240 g/mol. The lowest BCUT2D eigenvalue weighted by atomic mass is 10.2. The summed E-state index contributed by atoms with van der Waals surface area (Å²) in [6, 6.07) is 0. The normalized spacial score (nSPS) is 33.5. The van der Waals surface area contributed by atoms with Crippen molar-refractivity contribution in [1.82, 2.24) is 10.2 Å². The van der Waals surface area contributed by atoms with Gasteiger partial charge in [0.05, 0.1) is 18.3 Å². The molecule has 0 aromatic rings. The molecule has 0 bridgehead atoms. The quantitative estimate of drug-likeness (QED) is 0.744. The third-order valence-electron chi connectivity index (χ3n) is 3.99. The van der Waals surface area contributed by atoms with E-state index in [-0.39, 0.29) is 0 Å². The third kappa shape index (κ3) is 5.38. The van der Waals surface area contributed by atoms with Gasteiger partial charge >= 0.3 is 0 Å². The minimum atomic E-state index is 0.367. The summed E-state index contributed by atoms with van der Waals surface area (Å²) in [4.78, 5) is 2.52. The van der Waals surface area contributed by atoms with Crippen molar-refractivity contribution in [3.63, 3.8) is 0 Å². The van der Waals surface area contributed by atoms with E-state index >= 15 is 0 Å². The smallest absolute Gasteiger partial charge is 0.0707 e.